The third kappa shape index (κ3) is 3.22. The van der Waals surface area contributed by atoms with Crippen molar-refractivity contribution in [2.24, 2.45) is 0 Å². The van der Waals surface area contributed by atoms with Gasteiger partial charge in [0.15, 0.2) is 5.88 Å². The van der Waals surface area contributed by atoms with Crippen LogP contribution in [0.25, 0.3) is 0 Å². The van der Waals surface area contributed by atoms with Crippen molar-refractivity contribution >= 4 is 15.8 Å². The number of rotatable bonds is 4. The lowest BCUT2D eigenvalue weighted by Gasteiger charge is -2.20. The van der Waals surface area contributed by atoms with E-state index in [0.717, 1.165) is 4.57 Å². The Hall–Kier alpha value is -2.32. The van der Waals surface area contributed by atoms with Gasteiger partial charge in [-0.1, -0.05) is 12.1 Å². The summed E-state index contributed by atoms with van der Waals surface area (Å²) in [6.07, 6.45) is 0. The van der Waals surface area contributed by atoms with E-state index in [4.69, 9.17) is 5.73 Å². The summed E-state index contributed by atoms with van der Waals surface area (Å²) < 4.78 is 34.6. The average molecular weight is 338 g/mol. The van der Waals surface area contributed by atoms with E-state index < -0.39 is 26.8 Å². The van der Waals surface area contributed by atoms with E-state index in [0.29, 0.717) is 5.69 Å². The van der Waals surface area contributed by atoms with Crippen LogP contribution in [0.2, 0.25) is 0 Å². The molecule has 7 nitrogen and oxygen atoms in total. The Labute approximate surface area is 133 Å². The maximum absolute atomic E-state index is 11.9. The molecule has 124 valence electrons. The summed E-state index contributed by atoms with van der Waals surface area (Å²) in [6.45, 7) is 3.32. The first kappa shape index (κ1) is 17.0. The zero-order chi connectivity index (χ0) is 17.4. The van der Waals surface area contributed by atoms with Crippen LogP contribution in [0.15, 0.2) is 35.1 Å². The van der Waals surface area contributed by atoms with E-state index in [1.807, 2.05) is 0 Å². The van der Waals surface area contributed by atoms with Gasteiger partial charge in [0, 0.05) is 23.9 Å². The number of aromatic nitrogens is 1. The summed E-state index contributed by atoms with van der Waals surface area (Å²) in [5.41, 5.74) is 6.06. The van der Waals surface area contributed by atoms with Crippen molar-refractivity contribution in [3.63, 3.8) is 0 Å². The Kier molecular flexibility index (Phi) is 4.49. The van der Waals surface area contributed by atoms with Crippen LogP contribution in [0.3, 0.4) is 0 Å². The molecule has 0 aliphatic rings. The van der Waals surface area contributed by atoms with Gasteiger partial charge < -0.3 is 10.8 Å². The molecule has 0 bridgehead atoms. The average Bonchev–Trinajstić information content (AvgIpc) is 2.43. The Bertz CT molecular complexity index is 885. The molecule has 0 spiro atoms. The number of nitrogens with two attached hydrogens (primary N) is 1. The lowest BCUT2D eigenvalue weighted by Crippen LogP contribution is -2.24. The van der Waals surface area contributed by atoms with Crippen molar-refractivity contribution in [1.82, 2.24) is 4.57 Å². The van der Waals surface area contributed by atoms with Gasteiger partial charge in [-0.25, -0.2) is 0 Å². The van der Waals surface area contributed by atoms with Crippen LogP contribution in [-0.4, -0.2) is 22.6 Å². The van der Waals surface area contributed by atoms with E-state index in [-0.39, 0.29) is 23.2 Å². The monoisotopic (exact) mass is 338 g/mol. The molecule has 4 N–H and O–H groups in total. The zero-order valence-corrected chi connectivity index (χ0v) is 13.5. The molecule has 1 atom stereocenters. The highest BCUT2D eigenvalue weighted by Crippen LogP contribution is 2.36. The number of hydrogen-bond acceptors (Lipinski definition) is 5. The molecule has 1 heterocycles. The first-order valence-electron chi connectivity index (χ1n) is 6.91. The standard InChI is InChI=1S/C15H18N2O5S/c1-3-17-12(18)8-9(2)13(15(17)19)14(23(20,21)22)10-4-6-11(16)7-5-10/h4-8,14,19H,3,16H2,1-2H3,(H,20,21,22). The topological polar surface area (TPSA) is 123 Å². The van der Waals surface area contributed by atoms with Crippen molar-refractivity contribution in [3.05, 3.63) is 57.4 Å². The van der Waals surface area contributed by atoms with Gasteiger partial charge in [0.2, 0.25) is 0 Å². The molecule has 23 heavy (non-hydrogen) atoms. The van der Waals surface area contributed by atoms with Crippen LogP contribution in [0.1, 0.15) is 28.9 Å². The first-order chi connectivity index (χ1) is 10.7. The van der Waals surface area contributed by atoms with Crippen molar-refractivity contribution in [3.8, 4) is 5.88 Å². The van der Waals surface area contributed by atoms with Gasteiger partial charge in [-0.3, -0.25) is 13.9 Å². The molecule has 2 aromatic rings. The summed E-state index contributed by atoms with van der Waals surface area (Å²) in [5, 5.41) is 8.85. The van der Waals surface area contributed by atoms with Gasteiger partial charge in [0.25, 0.3) is 15.7 Å². The number of nitrogen functional groups attached to an aromatic ring is 1. The number of aromatic hydroxyl groups is 1. The number of hydrogen-bond donors (Lipinski definition) is 3. The maximum Gasteiger partial charge on any atom is 0.276 e. The maximum atomic E-state index is 11.9. The molecule has 0 fully saturated rings. The van der Waals surface area contributed by atoms with Gasteiger partial charge in [0.1, 0.15) is 5.25 Å². The molecule has 0 aliphatic heterocycles. The Morgan fingerprint density at radius 3 is 2.30 bits per heavy atom. The molecular weight excluding hydrogens is 320 g/mol. The molecule has 0 amide bonds. The highest BCUT2D eigenvalue weighted by molar-refractivity contribution is 7.86. The number of anilines is 1. The second-order valence-electron chi connectivity index (χ2n) is 5.21. The molecule has 0 saturated carbocycles. The third-order valence-corrected chi connectivity index (χ3v) is 4.75. The molecule has 1 unspecified atom stereocenters. The number of benzene rings is 1. The summed E-state index contributed by atoms with van der Waals surface area (Å²) in [5.74, 6) is -0.475. The van der Waals surface area contributed by atoms with Gasteiger partial charge in [0.05, 0.1) is 0 Å². The normalized spacial score (nSPS) is 13.0. The lowest BCUT2D eigenvalue weighted by atomic mass is 10.0. The fourth-order valence-electron chi connectivity index (χ4n) is 2.56. The third-order valence-electron chi connectivity index (χ3n) is 3.64. The Morgan fingerprint density at radius 1 is 1.26 bits per heavy atom. The van der Waals surface area contributed by atoms with Crippen LogP contribution in [0.5, 0.6) is 5.88 Å². The van der Waals surface area contributed by atoms with Crippen molar-refractivity contribution in [1.29, 1.82) is 0 Å². The second kappa shape index (κ2) is 6.05. The molecule has 1 aromatic carbocycles. The van der Waals surface area contributed by atoms with Crippen LogP contribution in [-0.2, 0) is 16.7 Å². The predicted octanol–water partition coefficient (Wildman–Crippen LogP) is 1.44. The van der Waals surface area contributed by atoms with E-state index in [9.17, 15) is 22.9 Å². The molecule has 0 saturated heterocycles. The molecular formula is C15H18N2O5S. The molecule has 1 aromatic heterocycles. The highest BCUT2D eigenvalue weighted by Gasteiger charge is 2.32. The molecule has 0 aliphatic carbocycles. The smallest absolute Gasteiger partial charge is 0.276 e. The van der Waals surface area contributed by atoms with E-state index in [1.54, 1.807) is 6.92 Å². The van der Waals surface area contributed by atoms with Gasteiger partial charge in [-0.15, -0.1) is 0 Å². The number of pyridine rings is 1. The van der Waals surface area contributed by atoms with Gasteiger partial charge in [-0.05, 0) is 37.1 Å². The Balaban J connectivity index is 2.82. The van der Waals surface area contributed by atoms with Crippen molar-refractivity contribution < 1.29 is 18.1 Å². The number of nitrogens with zero attached hydrogens (tertiary/aromatic N) is 1. The fourth-order valence-corrected chi connectivity index (χ4v) is 3.65. The summed E-state index contributed by atoms with van der Waals surface area (Å²) in [4.78, 5) is 11.9. The SMILES string of the molecule is CCn1c(O)c(C(c2ccc(N)cc2)S(=O)(=O)O)c(C)cc1=O. The van der Waals surface area contributed by atoms with Crippen molar-refractivity contribution in [2.45, 2.75) is 25.6 Å². The predicted molar refractivity (Wildman–Crippen MR) is 87.0 cm³/mol. The van der Waals surface area contributed by atoms with Gasteiger partial charge >= 0.3 is 0 Å². The second-order valence-corrected chi connectivity index (χ2v) is 6.71. The van der Waals surface area contributed by atoms with E-state index >= 15 is 0 Å². The van der Waals surface area contributed by atoms with Crippen LogP contribution in [0, 0.1) is 6.92 Å². The quantitative estimate of drug-likeness (QED) is 0.573. The summed E-state index contributed by atoms with van der Waals surface area (Å²) in [6, 6.07) is 7.13. The summed E-state index contributed by atoms with van der Waals surface area (Å²) >= 11 is 0. The van der Waals surface area contributed by atoms with Crippen LogP contribution >= 0.6 is 0 Å². The van der Waals surface area contributed by atoms with E-state index in [2.05, 4.69) is 0 Å². The first-order valence-corrected chi connectivity index (χ1v) is 8.42. The minimum absolute atomic E-state index is 0.0290. The van der Waals surface area contributed by atoms with E-state index in [1.165, 1.54) is 37.3 Å². The lowest BCUT2D eigenvalue weighted by molar-refractivity contribution is 0.401. The van der Waals surface area contributed by atoms with Crippen LogP contribution < -0.4 is 11.3 Å². The summed E-state index contributed by atoms with van der Waals surface area (Å²) in [7, 11) is -4.58. The fraction of sp³-hybridized carbons (Fsp3) is 0.267. The highest BCUT2D eigenvalue weighted by atomic mass is 32.2. The molecule has 0 radical (unpaired) electrons. The zero-order valence-electron chi connectivity index (χ0n) is 12.7. The minimum Gasteiger partial charge on any atom is -0.494 e. The number of aryl methyl sites for hydroxylation is 1. The Morgan fingerprint density at radius 2 is 1.83 bits per heavy atom. The van der Waals surface area contributed by atoms with Crippen molar-refractivity contribution in [2.75, 3.05) is 5.73 Å². The largest absolute Gasteiger partial charge is 0.494 e. The van der Waals surface area contributed by atoms with Crippen LogP contribution in [0.4, 0.5) is 5.69 Å². The minimum atomic E-state index is -4.58. The molecule has 8 heteroatoms. The molecule has 2 rings (SSSR count). The van der Waals surface area contributed by atoms with Gasteiger partial charge in [-0.2, -0.15) is 8.42 Å².